The predicted molar refractivity (Wildman–Crippen MR) is 77.0 cm³/mol. The Bertz CT molecular complexity index is 629. The van der Waals surface area contributed by atoms with Crippen molar-refractivity contribution >= 4 is 0 Å². The minimum atomic E-state index is 0.733. The third-order valence-corrected chi connectivity index (χ3v) is 3.08. The average Bonchev–Trinajstić information content (AvgIpc) is 3.12. The Morgan fingerprint density at radius 1 is 1.00 bits per heavy atom. The van der Waals surface area contributed by atoms with E-state index < -0.39 is 0 Å². The first-order chi connectivity index (χ1) is 9.90. The summed E-state index contributed by atoms with van der Waals surface area (Å²) in [5.74, 6) is 0.946. The second-order valence-electron chi connectivity index (χ2n) is 4.71. The summed E-state index contributed by atoms with van der Waals surface area (Å²) in [5.41, 5.74) is 2.43. The van der Waals surface area contributed by atoms with Gasteiger partial charge in [0.25, 0.3) is 0 Å². The molecule has 0 spiro atoms. The lowest BCUT2D eigenvalue weighted by atomic mass is 10.2. The highest BCUT2D eigenvalue weighted by Gasteiger charge is 2.00. The highest BCUT2D eigenvalue weighted by atomic mass is 16.3. The molecule has 4 nitrogen and oxygen atoms in total. The summed E-state index contributed by atoms with van der Waals surface area (Å²) in [6, 6.07) is 14.2. The first kappa shape index (κ1) is 12.7. The molecule has 0 amide bonds. The summed E-state index contributed by atoms with van der Waals surface area (Å²) in [7, 11) is 0. The van der Waals surface area contributed by atoms with Crippen LogP contribution >= 0.6 is 0 Å². The van der Waals surface area contributed by atoms with E-state index in [9.17, 15) is 0 Å². The number of benzene rings is 1. The molecule has 0 aliphatic carbocycles. The molecule has 0 saturated heterocycles. The van der Waals surface area contributed by atoms with Crippen LogP contribution in [0.3, 0.4) is 0 Å². The van der Waals surface area contributed by atoms with Crippen molar-refractivity contribution in [1.82, 2.24) is 15.1 Å². The molecule has 2 heterocycles. The number of aromatic nitrogens is 2. The van der Waals surface area contributed by atoms with Crippen LogP contribution in [0.4, 0.5) is 0 Å². The SMILES string of the molecule is c1ccc(Cn2cc(CNCc3ccco3)cn2)cc1. The van der Waals surface area contributed by atoms with Crippen molar-refractivity contribution in [1.29, 1.82) is 0 Å². The summed E-state index contributed by atoms with van der Waals surface area (Å²) in [6.45, 7) is 2.32. The van der Waals surface area contributed by atoms with Crippen molar-refractivity contribution in [3.63, 3.8) is 0 Å². The molecule has 0 atom stereocenters. The lowest BCUT2D eigenvalue weighted by Gasteiger charge is -2.01. The Labute approximate surface area is 118 Å². The highest BCUT2D eigenvalue weighted by Crippen LogP contribution is 2.04. The second-order valence-corrected chi connectivity index (χ2v) is 4.71. The molecule has 0 radical (unpaired) electrons. The molecular weight excluding hydrogens is 250 g/mol. The maximum absolute atomic E-state index is 5.27. The lowest BCUT2D eigenvalue weighted by molar-refractivity contribution is 0.483. The largest absolute Gasteiger partial charge is 0.468 e. The Morgan fingerprint density at radius 3 is 2.70 bits per heavy atom. The molecule has 4 heteroatoms. The molecule has 3 aromatic rings. The van der Waals surface area contributed by atoms with Gasteiger partial charge < -0.3 is 9.73 Å². The van der Waals surface area contributed by atoms with Gasteiger partial charge in [0.1, 0.15) is 5.76 Å². The van der Waals surface area contributed by atoms with Gasteiger partial charge in [0, 0.05) is 18.3 Å². The smallest absolute Gasteiger partial charge is 0.117 e. The summed E-state index contributed by atoms with van der Waals surface area (Å²) < 4.78 is 7.23. The van der Waals surface area contributed by atoms with Crippen molar-refractivity contribution in [2.75, 3.05) is 0 Å². The lowest BCUT2D eigenvalue weighted by Crippen LogP contribution is -2.11. The van der Waals surface area contributed by atoms with E-state index in [0.29, 0.717) is 0 Å². The standard InChI is InChI=1S/C16H17N3O/c1-2-5-14(6-3-1)12-19-13-15(10-18-19)9-17-11-16-7-4-8-20-16/h1-8,10,13,17H,9,11-12H2. The molecule has 0 bridgehead atoms. The van der Waals surface area contributed by atoms with Gasteiger partial charge in [0.15, 0.2) is 0 Å². The van der Waals surface area contributed by atoms with E-state index in [0.717, 1.165) is 25.4 Å². The van der Waals surface area contributed by atoms with Crippen molar-refractivity contribution < 1.29 is 4.42 Å². The van der Waals surface area contributed by atoms with Gasteiger partial charge >= 0.3 is 0 Å². The quantitative estimate of drug-likeness (QED) is 0.747. The van der Waals surface area contributed by atoms with Crippen molar-refractivity contribution in [3.05, 3.63) is 78.0 Å². The van der Waals surface area contributed by atoms with E-state index in [2.05, 4.69) is 28.7 Å². The maximum atomic E-state index is 5.27. The Balaban J connectivity index is 1.52. The molecular formula is C16H17N3O. The van der Waals surface area contributed by atoms with Gasteiger partial charge in [-0.15, -0.1) is 0 Å². The van der Waals surface area contributed by atoms with Crippen LogP contribution in [0.2, 0.25) is 0 Å². The molecule has 0 fully saturated rings. The molecule has 0 aliphatic rings. The number of nitrogens with zero attached hydrogens (tertiary/aromatic N) is 2. The Morgan fingerprint density at radius 2 is 1.90 bits per heavy atom. The molecule has 20 heavy (non-hydrogen) atoms. The third-order valence-electron chi connectivity index (χ3n) is 3.08. The van der Waals surface area contributed by atoms with Crippen molar-refractivity contribution in [3.8, 4) is 0 Å². The molecule has 0 saturated carbocycles. The third kappa shape index (κ3) is 3.36. The van der Waals surface area contributed by atoms with Crippen LogP contribution in [-0.2, 0) is 19.6 Å². The second kappa shape index (κ2) is 6.21. The first-order valence-electron chi connectivity index (χ1n) is 6.68. The number of hydrogen-bond acceptors (Lipinski definition) is 3. The zero-order valence-corrected chi connectivity index (χ0v) is 11.2. The van der Waals surface area contributed by atoms with Crippen LogP contribution in [0.1, 0.15) is 16.9 Å². The minimum Gasteiger partial charge on any atom is -0.468 e. The fourth-order valence-corrected chi connectivity index (χ4v) is 2.10. The Kier molecular flexibility index (Phi) is 3.94. The summed E-state index contributed by atoms with van der Waals surface area (Å²) in [6.07, 6.45) is 5.66. The minimum absolute atomic E-state index is 0.733. The van der Waals surface area contributed by atoms with E-state index in [1.54, 1.807) is 6.26 Å². The predicted octanol–water partition coefficient (Wildman–Crippen LogP) is 2.81. The molecule has 1 N–H and O–H groups in total. The van der Waals surface area contributed by atoms with Crippen LogP contribution in [0.15, 0.2) is 65.5 Å². The van der Waals surface area contributed by atoms with Gasteiger partial charge in [0.05, 0.1) is 25.5 Å². The van der Waals surface area contributed by atoms with E-state index in [-0.39, 0.29) is 0 Å². The number of nitrogens with one attached hydrogen (secondary N) is 1. The highest BCUT2D eigenvalue weighted by molar-refractivity contribution is 5.15. The van der Waals surface area contributed by atoms with E-state index in [4.69, 9.17) is 4.42 Å². The van der Waals surface area contributed by atoms with Crippen LogP contribution < -0.4 is 5.32 Å². The molecule has 1 aromatic carbocycles. The summed E-state index contributed by atoms with van der Waals surface area (Å²) in [4.78, 5) is 0. The fraction of sp³-hybridized carbons (Fsp3) is 0.188. The Hall–Kier alpha value is -2.33. The van der Waals surface area contributed by atoms with E-state index in [1.807, 2.05) is 41.2 Å². The van der Waals surface area contributed by atoms with Gasteiger partial charge in [-0.25, -0.2) is 0 Å². The van der Waals surface area contributed by atoms with Gasteiger partial charge in [-0.1, -0.05) is 30.3 Å². The monoisotopic (exact) mass is 267 g/mol. The van der Waals surface area contributed by atoms with Crippen molar-refractivity contribution in [2.45, 2.75) is 19.6 Å². The van der Waals surface area contributed by atoms with Crippen LogP contribution in [0, 0.1) is 0 Å². The molecule has 0 unspecified atom stereocenters. The topological polar surface area (TPSA) is 43.0 Å². The maximum Gasteiger partial charge on any atom is 0.117 e. The number of rotatable bonds is 6. The van der Waals surface area contributed by atoms with Gasteiger partial charge in [-0.2, -0.15) is 5.10 Å². The number of furan rings is 1. The van der Waals surface area contributed by atoms with Gasteiger partial charge in [-0.3, -0.25) is 4.68 Å². The molecule has 2 aromatic heterocycles. The summed E-state index contributed by atoms with van der Waals surface area (Å²) in [5, 5.41) is 7.71. The average molecular weight is 267 g/mol. The first-order valence-corrected chi connectivity index (χ1v) is 6.68. The molecule has 0 aliphatic heterocycles. The van der Waals surface area contributed by atoms with Crippen molar-refractivity contribution in [2.24, 2.45) is 0 Å². The fourth-order valence-electron chi connectivity index (χ4n) is 2.10. The van der Waals surface area contributed by atoms with Crippen LogP contribution in [-0.4, -0.2) is 9.78 Å². The molecule has 102 valence electrons. The molecule has 3 rings (SSSR count). The summed E-state index contributed by atoms with van der Waals surface area (Å²) >= 11 is 0. The normalized spacial score (nSPS) is 10.8. The van der Waals surface area contributed by atoms with Crippen LogP contribution in [0.25, 0.3) is 0 Å². The van der Waals surface area contributed by atoms with Gasteiger partial charge in [-0.05, 0) is 17.7 Å². The van der Waals surface area contributed by atoms with E-state index >= 15 is 0 Å². The zero-order valence-electron chi connectivity index (χ0n) is 11.2. The van der Waals surface area contributed by atoms with E-state index in [1.165, 1.54) is 11.1 Å². The van der Waals surface area contributed by atoms with Crippen LogP contribution in [0.5, 0.6) is 0 Å². The van der Waals surface area contributed by atoms with Gasteiger partial charge in [0.2, 0.25) is 0 Å². The number of hydrogen-bond donors (Lipinski definition) is 1. The zero-order chi connectivity index (χ0) is 13.6.